The van der Waals surface area contributed by atoms with Gasteiger partial charge in [-0.2, -0.15) is 11.8 Å². The van der Waals surface area contributed by atoms with Gasteiger partial charge in [-0.05, 0) is 17.7 Å². The minimum atomic E-state index is -0.628. The third-order valence-electron chi connectivity index (χ3n) is 2.81. The normalized spacial score (nSPS) is 23.9. The van der Waals surface area contributed by atoms with Gasteiger partial charge >= 0.3 is 0 Å². The van der Waals surface area contributed by atoms with Gasteiger partial charge in [-0.3, -0.25) is 4.79 Å². The van der Waals surface area contributed by atoms with E-state index in [1.54, 1.807) is 23.5 Å². The molecular formula is C13H14F2OS2. The molecule has 0 spiro atoms. The van der Waals surface area contributed by atoms with Crippen LogP contribution in [0.5, 0.6) is 0 Å². The van der Waals surface area contributed by atoms with E-state index in [1.807, 2.05) is 6.92 Å². The predicted octanol–water partition coefficient (Wildman–Crippen LogP) is 3.31. The Morgan fingerprint density at radius 3 is 2.44 bits per heavy atom. The summed E-state index contributed by atoms with van der Waals surface area (Å²) in [5, 5.41) is 0.213. The molecule has 0 amide bonds. The second-order valence-corrected chi connectivity index (χ2v) is 7.02. The second kappa shape index (κ2) is 6.06. The summed E-state index contributed by atoms with van der Waals surface area (Å²) in [5.74, 6) is 0.824. The number of Topliss-reactive ketones (excluding diaryl/α,β-unsaturated/α-hetero) is 1. The Kier molecular flexibility index (Phi) is 4.67. The van der Waals surface area contributed by atoms with Crippen molar-refractivity contribution in [2.75, 3.05) is 11.5 Å². The van der Waals surface area contributed by atoms with E-state index in [2.05, 4.69) is 0 Å². The summed E-state index contributed by atoms with van der Waals surface area (Å²) in [4.78, 5) is 12.1. The zero-order chi connectivity index (χ0) is 13.1. The lowest BCUT2D eigenvalue weighted by atomic mass is 10.1. The fourth-order valence-electron chi connectivity index (χ4n) is 2.00. The maximum atomic E-state index is 13.0. The van der Waals surface area contributed by atoms with E-state index in [0.717, 1.165) is 17.6 Å². The summed E-state index contributed by atoms with van der Waals surface area (Å²) >= 11 is 3.43. The van der Waals surface area contributed by atoms with E-state index in [1.165, 1.54) is 12.1 Å². The number of hydrogen-bond donors (Lipinski definition) is 0. The van der Waals surface area contributed by atoms with E-state index < -0.39 is 11.6 Å². The van der Waals surface area contributed by atoms with Crippen LogP contribution < -0.4 is 0 Å². The van der Waals surface area contributed by atoms with Gasteiger partial charge in [0, 0.05) is 29.2 Å². The van der Waals surface area contributed by atoms with E-state index in [4.69, 9.17) is 0 Å². The molecule has 1 aliphatic rings. The molecule has 0 saturated carbocycles. The van der Waals surface area contributed by atoms with E-state index >= 15 is 0 Å². The molecule has 1 fully saturated rings. The number of rotatable bonds is 3. The molecule has 18 heavy (non-hydrogen) atoms. The highest BCUT2D eigenvalue weighted by atomic mass is 32.2. The van der Waals surface area contributed by atoms with Crippen LogP contribution in [0.25, 0.3) is 0 Å². The standard InChI is InChI=1S/C13H14F2OS2/c1-8-13(18-3-2-17-8)12(16)6-9-4-10(14)7-11(15)5-9/h4-5,7-8,13H,2-3,6H2,1H3. The Hall–Kier alpha value is -0.550. The van der Waals surface area contributed by atoms with Gasteiger partial charge in [-0.15, -0.1) is 11.8 Å². The van der Waals surface area contributed by atoms with Crippen LogP contribution in [0.3, 0.4) is 0 Å². The van der Waals surface area contributed by atoms with E-state index in [9.17, 15) is 13.6 Å². The third-order valence-corrected chi connectivity index (χ3v) is 5.94. The van der Waals surface area contributed by atoms with Crippen molar-refractivity contribution in [3.63, 3.8) is 0 Å². The Morgan fingerprint density at radius 2 is 1.83 bits per heavy atom. The lowest BCUT2D eigenvalue weighted by molar-refractivity contribution is -0.117. The fraction of sp³-hybridized carbons (Fsp3) is 0.462. The van der Waals surface area contributed by atoms with Crippen LogP contribution in [0.1, 0.15) is 12.5 Å². The number of halogens is 2. The molecular weight excluding hydrogens is 274 g/mol. The van der Waals surface area contributed by atoms with Gasteiger partial charge in [-0.1, -0.05) is 6.92 Å². The monoisotopic (exact) mass is 288 g/mol. The molecule has 2 rings (SSSR count). The Morgan fingerprint density at radius 1 is 1.22 bits per heavy atom. The number of benzene rings is 1. The molecule has 1 nitrogen and oxygen atoms in total. The first-order valence-corrected chi connectivity index (χ1v) is 7.87. The van der Waals surface area contributed by atoms with Crippen molar-refractivity contribution < 1.29 is 13.6 Å². The first-order chi connectivity index (χ1) is 8.56. The van der Waals surface area contributed by atoms with Gasteiger partial charge in [0.15, 0.2) is 5.78 Å². The zero-order valence-corrected chi connectivity index (χ0v) is 11.6. The van der Waals surface area contributed by atoms with Crippen LogP contribution >= 0.6 is 23.5 Å². The number of carbonyl (C=O) groups is 1. The number of thioether (sulfide) groups is 2. The van der Waals surface area contributed by atoms with Crippen molar-refractivity contribution in [3.8, 4) is 0 Å². The second-order valence-electron chi connectivity index (χ2n) is 4.29. The van der Waals surface area contributed by atoms with E-state index in [-0.39, 0.29) is 22.7 Å². The van der Waals surface area contributed by atoms with Gasteiger partial charge in [0.25, 0.3) is 0 Å². The molecule has 1 aromatic carbocycles. The average molecular weight is 288 g/mol. The minimum Gasteiger partial charge on any atom is -0.298 e. The highest BCUT2D eigenvalue weighted by molar-refractivity contribution is 8.07. The van der Waals surface area contributed by atoms with Crippen LogP contribution in [0.15, 0.2) is 18.2 Å². The average Bonchev–Trinajstić information content (AvgIpc) is 2.27. The highest BCUT2D eigenvalue weighted by Gasteiger charge is 2.28. The minimum absolute atomic E-state index is 0.0599. The first-order valence-electron chi connectivity index (χ1n) is 5.77. The molecule has 2 atom stereocenters. The van der Waals surface area contributed by atoms with Gasteiger partial charge in [0.1, 0.15) is 11.6 Å². The summed E-state index contributed by atoms with van der Waals surface area (Å²) in [6.07, 6.45) is 0.108. The lowest BCUT2D eigenvalue weighted by Crippen LogP contribution is -2.32. The quantitative estimate of drug-likeness (QED) is 0.849. The molecule has 0 bridgehead atoms. The predicted molar refractivity (Wildman–Crippen MR) is 73.2 cm³/mol. The topological polar surface area (TPSA) is 17.1 Å². The molecule has 1 saturated heterocycles. The molecule has 1 aromatic rings. The Bertz CT molecular complexity index is 430. The summed E-state index contributed by atoms with van der Waals surface area (Å²) in [6.45, 7) is 2.03. The van der Waals surface area contributed by atoms with Gasteiger partial charge in [0.2, 0.25) is 0 Å². The zero-order valence-electron chi connectivity index (χ0n) is 9.99. The largest absolute Gasteiger partial charge is 0.298 e. The van der Waals surface area contributed by atoms with Crippen molar-refractivity contribution in [1.29, 1.82) is 0 Å². The molecule has 0 aromatic heterocycles. The highest BCUT2D eigenvalue weighted by Crippen LogP contribution is 2.32. The molecule has 0 aliphatic carbocycles. The van der Waals surface area contributed by atoms with Crippen molar-refractivity contribution in [1.82, 2.24) is 0 Å². The number of ketones is 1. The van der Waals surface area contributed by atoms with Gasteiger partial charge in [0.05, 0.1) is 5.25 Å². The fourth-order valence-corrected chi connectivity index (χ4v) is 4.74. The Balaban J connectivity index is 2.06. The molecule has 5 heteroatoms. The summed E-state index contributed by atoms with van der Waals surface area (Å²) in [7, 11) is 0. The summed E-state index contributed by atoms with van der Waals surface area (Å²) in [5.41, 5.74) is 0.417. The molecule has 1 heterocycles. The maximum Gasteiger partial charge on any atom is 0.151 e. The summed E-state index contributed by atoms with van der Waals surface area (Å²) < 4.78 is 26.1. The third kappa shape index (κ3) is 3.48. The first kappa shape index (κ1) is 13.9. The molecule has 0 N–H and O–H groups in total. The van der Waals surface area contributed by atoms with Crippen molar-refractivity contribution in [3.05, 3.63) is 35.4 Å². The van der Waals surface area contributed by atoms with Gasteiger partial charge in [-0.25, -0.2) is 8.78 Å². The Labute approximate surface area is 114 Å². The SMILES string of the molecule is CC1SCCSC1C(=O)Cc1cc(F)cc(F)c1. The smallest absolute Gasteiger partial charge is 0.151 e. The molecule has 1 aliphatic heterocycles. The molecule has 0 radical (unpaired) electrons. The van der Waals surface area contributed by atoms with Crippen LogP contribution in [-0.4, -0.2) is 27.8 Å². The number of hydrogen-bond acceptors (Lipinski definition) is 3. The van der Waals surface area contributed by atoms with Crippen LogP contribution in [0.4, 0.5) is 8.78 Å². The number of carbonyl (C=O) groups excluding carboxylic acids is 1. The van der Waals surface area contributed by atoms with E-state index in [0.29, 0.717) is 5.56 Å². The van der Waals surface area contributed by atoms with Crippen LogP contribution in [0.2, 0.25) is 0 Å². The maximum absolute atomic E-state index is 13.0. The van der Waals surface area contributed by atoms with Crippen molar-refractivity contribution in [2.24, 2.45) is 0 Å². The van der Waals surface area contributed by atoms with Crippen LogP contribution in [-0.2, 0) is 11.2 Å². The van der Waals surface area contributed by atoms with Gasteiger partial charge < -0.3 is 0 Å². The van der Waals surface area contributed by atoms with Crippen molar-refractivity contribution in [2.45, 2.75) is 23.8 Å². The summed E-state index contributed by atoms with van der Waals surface area (Å²) in [6, 6.07) is 3.28. The lowest BCUT2D eigenvalue weighted by Gasteiger charge is -2.26. The van der Waals surface area contributed by atoms with Crippen LogP contribution in [0, 0.1) is 11.6 Å². The molecule has 2 unspecified atom stereocenters. The molecule has 98 valence electrons. The van der Waals surface area contributed by atoms with Crippen molar-refractivity contribution >= 4 is 29.3 Å².